The average Bonchev–Trinajstić information content (AvgIpc) is 2.41. The lowest BCUT2D eigenvalue weighted by Gasteiger charge is -2.34. The molecule has 1 N–H and O–H groups in total. The summed E-state index contributed by atoms with van der Waals surface area (Å²) in [6.45, 7) is 9.56. The maximum atomic E-state index is 6.26. The van der Waals surface area contributed by atoms with Gasteiger partial charge in [-0.3, -0.25) is 0 Å². The van der Waals surface area contributed by atoms with Crippen molar-refractivity contribution in [3.63, 3.8) is 0 Å². The molecular weight excluding hydrogens is 290 g/mol. The van der Waals surface area contributed by atoms with Crippen molar-refractivity contribution in [3.05, 3.63) is 22.8 Å². The van der Waals surface area contributed by atoms with E-state index in [0.29, 0.717) is 12.0 Å². The van der Waals surface area contributed by atoms with Gasteiger partial charge in [-0.15, -0.1) is 0 Å². The summed E-state index contributed by atoms with van der Waals surface area (Å²) in [5.41, 5.74) is 1.14. The highest BCUT2D eigenvalue weighted by atomic mass is 35.5. The second-order valence-electron chi connectivity index (χ2n) is 5.78. The molecule has 1 saturated heterocycles. The molecule has 1 unspecified atom stereocenters. The quantitative estimate of drug-likeness (QED) is 0.901. The maximum absolute atomic E-state index is 6.26. The van der Waals surface area contributed by atoms with Gasteiger partial charge in [0.2, 0.25) is 0 Å². The first-order chi connectivity index (χ1) is 9.58. The van der Waals surface area contributed by atoms with E-state index in [2.05, 4.69) is 42.0 Å². The van der Waals surface area contributed by atoms with E-state index in [1.807, 2.05) is 11.8 Å². The number of anilines is 1. The van der Waals surface area contributed by atoms with E-state index < -0.39 is 0 Å². The lowest BCUT2D eigenvalue weighted by molar-refractivity contribution is 0.552. The SMILES string of the molecule is CC(C)CNCc1cc(N2CCSCC2C)ncc1Cl. The molecule has 3 nitrogen and oxygen atoms in total. The van der Waals surface area contributed by atoms with E-state index in [1.165, 1.54) is 11.5 Å². The van der Waals surface area contributed by atoms with Gasteiger partial charge in [0.05, 0.1) is 5.02 Å². The molecule has 0 radical (unpaired) electrons. The Morgan fingerprint density at radius 3 is 3.05 bits per heavy atom. The van der Waals surface area contributed by atoms with E-state index in [4.69, 9.17) is 11.6 Å². The number of aromatic nitrogens is 1. The largest absolute Gasteiger partial charge is 0.352 e. The molecule has 20 heavy (non-hydrogen) atoms. The third-order valence-corrected chi connectivity index (χ3v) is 4.98. The zero-order chi connectivity index (χ0) is 14.5. The van der Waals surface area contributed by atoms with Gasteiger partial charge in [-0.1, -0.05) is 25.4 Å². The second-order valence-corrected chi connectivity index (χ2v) is 7.33. The third kappa shape index (κ3) is 4.27. The molecular formula is C15H24ClN3S. The summed E-state index contributed by atoms with van der Waals surface area (Å²) < 4.78 is 0. The predicted octanol–water partition coefficient (Wildman–Crippen LogP) is 3.42. The topological polar surface area (TPSA) is 28.2 Å². The number of nitrogens with one attached hydrogen (secondary N) is 1. The van der Waals surface area contributed by atoms with Gasteiger partial charge >= 0.3 is 0 Å². The van der Waals surface area contributed by atoms with Crippen LogP contribution in [-0.4, -0.2) is 35.6 Å². The van der Waals surface area contributed by atoms with Crippen LogP contribution < -0.4 is 10.2 Å². The van der Waals surface area contributed by atoms with Gasteiger partial charge in [-0.25, -0.2) is 4.98 Å². The fourth-order valence-corrected chi connectivity index (χ4v) is 3.51. The van der Waals surface area contributed by atoms with Crippen LogP contribution in [-0.2, 0) is 6.54 Å². The summed E-state index contributed by atoms with van der Waals surface area (Å²) in [5, 5.41) is 4.20. The maximum Gasteiger partial charge on any atom is 0.129 e. The molecule has 1 aromatic heterocycles. The number of rotatable bonds is 5. The smallest absolute Gasteiger partial charge is 0.129 e. The first kappa shape index (κ1) is 15.9. The van der Waals surface area contributed by atoms with E-state index in [9.17, 15) is 0 Å². The molecule has 0 amide bonds. The summed E-state index contributed by atoms with van der Waals surface area (Å²) >= 11 is 8.28. The van der Waals surface area contributed by atoms with Crippen LogP contribution in [0, 0.1) is 5.92 Å². The lowest BCUT2D eigenvalue weighted by atomic mass is 10.2. The van der Waals surface area contributed by atoms with Crippen molar-refractivity contribution in [1.29, 1.82) is 0 Å². The minimum absolute atomic E-state index is 0.541. The zero-order valence-electron chi connectivity index (χ0n) is 12.5. The van der Waals surface area contributed by atoms with Gasteiger partial charge in [0.15, 0.2) is 0 Å². The van der Waals surface area contributed by atoms with Crippen LogP contribution >= 0.6 is 23.4 Å². The van der Waals surface area contributed by atoms with Crippen molar-refractivity contribution in [2.75, 3.05) is 29.5 Å². The fraction of sp³-hybridized carbons (Fsp3) is 0.667. The molecule has 5 heteroatoms. The average molecular weight is 314 g/mol. The van der Waals surface area contributed by atoms with Crippen LogP contribution in [0.1, 0.15) is 26.3 Å². The Kier molecular flexibility index (Phi) is 6.00. The molecule has 1 fully saturated rings. The number of pyridine rings is 1. The summed E-state index contributed by atoms with van der Waals surface area (Å²) in [7, 11) is 0. The van der Waals surface area contributed by atoms with Crippen LogP contribution in [0.15, 0.2) is 12.3 Å². The van der Waals surface area contributed by atoms with Crippen LogP contribution in [0.25, 0.3) is 0 Å². The first-order valence-corrected chi connectivity index (χ1v) is 8.80. The molecule has 0 saturated carbocycles. The fourth-order valence-electron chi connectivity index (χ4n) is 2.32. The molecule has 2 rings (SSSR count). The number of thioether (sulfide) groups is 1. The molecule has 112 valence electrons. The minimum atomic E-state index is 0.541. The highest BCUT2D eigenvalue weighted by Crippen LogP contribution is 2.25. The Morgan fingerprint density at radius 1 is 1.55 bits per heavy atom. The van der Waals surface area contributed by atoms with Crippen molar-refractivity contribution >= 4 is 29.2 Å². The van der Waals surface area contributed by atoms with Gasteiger partial charge < -0.3 is 10.2 Å². The van der Waals surface area contributed by atoms with Gasteiger partial charge in [-0.2, -0.15) is 11.8 Å². The highest BCUT2D eigenvalue weighted by molar-refractivity contribution is 7.99. The Labute approximate surface area is 131 Å². The molecule has 1 aliphatic rings. The van der Waals surface area contributed by atoms with E-state index in [0.717, 1.165) is 36.0 Å². The standard InChI is InChI=1S/C15H24ClN3S/c1-11(2)7-17-8-13-6-15(18-9-14(13)16)19-4-5-20-10-12(19)3/h6,9,11-12,17H,4-5,7-8,10H2,1-3H3. The van der Waals surface area contributed by atoms with Crippen molar-refractivity contribution in [2.24, 2.45) is 5.92 Å². The van der Waals surface area contributed by atoms with Crippen LogP contribution in [0.2, 0.25) is 5.02 Å². The Balaban J connectivity index is 2.07. The molecule has 0 spiro atoms. The Hall–Kier alpha value is -0.450. The Morgan fingerprint density at radius 2 is 2.35 bits per heavy atom. The first-order valence-electron chi connectivity index (χ1n) is 7.27. The van der Waals surface area contributed by atoms with Crippen molar-refractivity contribution in [3.8, 4) is 0 Å². The lowest BCUT2D eigenvalue weighted by Crippen LogP contribution is -2.41. The number of halogens is 1. The minimum Gasteiger partial charge on any atom is -0.352 e. The molecule has 1 aliphatic heterocycles. The summed E-state index contributed by atoms with van der Waals surface area (Å²) in [6.07, 6.45) is 1.79. The molecule has 2 heterocycles. The van der Waals surface area contributed by atoms with Crippen LogP contribution in [0.5, 0.6) is 0 Å². The van der Waals surface area contributed by atoms with Gasteiger partial charge in [0.25, 0.3) is 0 Å². The van der Waals surface area contributed by atoms with Crippen molar-refractivity contribution in [1.82, 2.24) is 10.3 Å². The van der Waals surface area contributed by atoms with Gasteiger partial charge in [0, 0.05) is 36.8 Å². The number of nitrogens with zero attached hydrogens (tertiary/aromatic N) is 2. The van der Waals surface area contributed by atoms with Crippen LogP contribution in [0.3, 0.4) is 0 Å². The molecule has 1 atom stereocenters. The number of hydrogen-bond donors (Lipinski definition) is 1. The van der Waals surface area contributed by atoms with Gasteiger partial charge in [0.1, 0.15) is 5.82 Å². The highest BCUT2D eigenvalue weighted by Gasteiger charge is 2.20. The summed E-state index contributed by atoms with van der Waals surface area (Å²) in [4.78, 5) is 6.90. The monoisotopic (exact) mass is 313 g/mol. The zero-order valence-corrected chi connectivity index (χ0v) is 14.1. The molecule has 0 aliphatic carbocycles. The molecule has 0 aromatic carbocycles. The van der Waals surface area contributed by atoms with E-state index >= 15 is 0 Å². The second kappa shape index (κ2) is 7.53. The summed E-state index contributed by atoms with van der Waals surface area (Å²) in [6, 6.07) is 2.68. The molecule has 0 bridgehead atoms. The predicted molar refractivity (Wildman–Crippen MR) is 89.9 cm³/mol. The van der Waals surface area contributed by atoms with Crippen molar-refractivity contribution < 1.29 is 0 Å². The molecule has 1 aromatic rings. The van der Waals surface area contributed by atoms with Gasteiger partial charge in [-0.05, 0) is 31.0 Å². The Bertz CT molecular complexity index is 439. The third-order valence-electron chi connectivity index (χ3n) is 3.45. The summed E-state index contributed by atoms with van der Waals surface area (Å²) in [5.74, 6) is 4.05. The number of hydrogen-bond acceptors (Lipinski definition) is 4. The van der Waals surface area contributed by atoms with Crippen molar-refractivity contribution in [2.45, 2.75) is 33.4 Å². The van der Waals surface area contributed by atoms with Crippen LogP contribution in [0.4, 0.5) is 5.82 Å². The normalized spacial score (nSPS) is 19.6. The van der Waals surface area contributed by atoms with E-state index in [-0.39, 0.29) is 0 Å². The van der Waals surface area contributed by atoms with E-state index in [1.54, 1.807) is 6.20 Å².